The Morgan fingerprint density at radius 2 is 1.86 bits per heavy atom. The minimum Gasteiger partial charge on any atom is -0.495 e. The Balaban J connectivity index is 1.89. The third-order valence-corrected chi connectivity index (χ3v) is 4.30. The molecule has 1 aromatic heterocycles. The van der Waals surface area contributed by atoms with Crippen LogP contribution in [0.2, 0.25) is 0 Å². The van der Waals surface area contributed by atoms with Gasteiger partial charge in [0.2, 0.25) is 0 Å². The van der Waals surface area contributed by atoms with Gasteiger partial charge < -0.3 is 14.8 Å². The van der Waals surface area contributed by atoms with Crippen molar-refractivity contribution < 1.29 is 9.47 Å². The van der Waals surface area contributed by atoms with Crippen LogP contribution in [0, 0.1) is 0 Å². The Morgan fingerprint density at radius 1 is 1.09 bits per heavy atom. The predicted octanol–water partition coefficient (Wildman–Crippen LogP) is 4.32. The number of anilines is 1. The lowest BCUT2D eigenvalue weighted by Gasteiger charge is -2.05. The molecule has 4 nitrogen and oxygen atoms in total. The molecule has 0 aliphatic rings. The fraction of sp³-hybridized carbons (Fsp3) is 0.235. The number of ether oxygens (including phenoxy) is 2. The number of aromatic nitrogens is 1. The molecule has 114 valence electrons. The van der Waals surface area contributed by atoms with Crippen molar-refractivity contribution in [1.29, 1.82) is 0 Å². The largest absolute Gasteiger partial charge is 0.495 e. The van der Waals surface area contributed by atoms with Gasteiger partial charge in [-0.2, -0.15) is 0 Å². The van der Waals surface area contributed by atoms with E-state index >= 15 is 0 Å². The van der Waals surface area contributed by atoms with Crippen LogP contribution >= 0.6 is 11.3 Å². The van der Waals surface area contributed by atoms with Crippen molar-refractivity contribution in [2.45, 2.75) is 13.5 Å². The van der Waals surface area contributed by atoms with Gasteiger partial charge in [-0.1, -0.05) is 41.7 Å². The van der Waals surface area contributed by atoms with E-state index in [1.165, 1.54) is 5.56 Å². The third kappa shape index (κ3) is 2.99. The van der Waals surface area contributed by atoms with Gasteiger partial charge in [-0.3, -0.25) is 0 Å². The Morgan fingerprint density at radius 3 is 2.59 bits per heavy atom. The number of thiazole rings is 1. The standard InChI is InChI=1S/C17H18N2O2S/c1-3-21-13-9-10-14(20-2)16-15(13)19-17(22-16)18-11-12-7-5-4-6-8-12/h4-10H,3,11H2,1-2H3,(H,18,19). The number of nitrogens with zero attached hydrogens (tertiary/aromatic N) is 1. The average molecular weight is 314 g/mol. The predicted molar refractivity (Wildman–Crippen MR) is 91.1 cm³/mol. The molecule has 0 unspecified atom stereocenters. The monoisotopic (exact) mass is 314 g/mol. The third-order valence-electron chi connectivity index (χ3n) is 3.28. The summed E-state index contributed by atoms with van der Waals surface area (Å²) in [5.41, 5.74) is 2.07. The smallest absolute Gasteiger partial charge is 0.184 e. The van der Waals surface area contributed by atoms with Crippen LogP contribution < -0.4 is 14.8 Å². The Labute approximate surface area is 133 Å². The summed E-state index contributed by atoms with van der Waals surface area (Å²) < 4.78 is 12.1. The van der Waals surface area contributed by atoms with Crippen LogP contribution in [-0.2, 0) is 6.54 Å². The molecule has 2 aromatic carbocycles. The normalized spacial score (nSPS) is 10.6. The molecular weight excluding hydrogens is 296 g/mol. The maximum Gasteiger partial charge on any atom is 0.184 e. The molecular formula is C17H18N2O2S. The average Bonchev–Trinajstić information content (AvgIpc) is 2.99. The highest BCUT2D eigenvalue weighted by atomic mass is 32.1. The number of methoxy groups -OCH3 is 1. The molecule has 0 amide bonds. The van der Waals surface area contributed by atoms with E-state index in [1.807, 2.05) is 37.3 Å². The van der Waals surface area contributed by atoms with E-state index in [1.54, 1.807) is 18.4 Å². The molecule has 3 aromatic rings. The van der Waals surface area contributed by atoms with Gasteiger partial charge in [-0.15, -0.1) is 0 Å². The summed E-state index contributed by atoms with van der Waals surface area (Å²) in [6.45, 7) is 3.33. The van der Waals surface area contributed by atoms with Gasteiger partial charge in [0, 0.05) is 6.54 Å². The fourth-order valence-electron chi connectivity index (χ4n) is 2.24. The van der Waals surface area contributed by atoms with Crippen molar-refractivity contribution in [3.8, 4) is 11.5 Å². The molecule has 0 spiro atoms. The topological polar surface area (TPSA) is 43.4 Å². The minimum absolute atomic E-state index is 0.617. The molecule has 0 atom stereocenters. The molecule has 0 saturated heterocycles. The molecule has 5 heteroatoms. The van der Waals surface area contributed by atoms with Crippen LogP contribution in [0.25, 0.3) is 10.2 Å². The summed E-state index contributed by atoms with van der Waals surface area (Å²) in [6.07, 6.45) is 0. The lowest BCUT2D eigenvalue weighted by atomic mass is 10.2. The van der Waals surface area contributed by atoms with Gasteiger partial charge in [0.25, 0.3) is 0 Å². The SMILES string of the molecule is CCOc1ccc(OC)c2sc(NCc3ccccc3)nc12. The maximum atomic E-state index is 5.66. The second kappa shape index (κ2) is 6.66. The summed E-state index contributed by atoms with van der Waals surface area (Å²) in [5.74, 6) is 1.62. The first kappa shape index (κ1) is 14.7. The number of hydrogen-bond acceptors (Lipinski definition) is 5. The number of benzene rings is 2. The second-order valence-electron chi connectivity index (χ2n) is 4.73. The van der Waals surface area contributed by atoms with E-state index in [0.717, 1.165) is 33.4 Å². The molecule has 0 aliphatic carbocycles. The van der Waals surface area contributed by atoms with E-state index in [4.69, 9.17) is 9.47 Å². The molecule has 1 heterocycles. The van der Waals surface area contributed by atoms with Gasteiger partial charge in [0.15, 0.2) is 5.13 Å². The first-order valence-electron chi connectivity index (χ1n) is 7.20. The quantitative estimate of drug-likeness (QED) is 0.736. The van der Waals surface area contributed by atoms with E-state index in [2.05, 4.69) is 22.4 Å². The first-order chi connectivity index (χ1) is 10.8. The Hall–Kier alpha value is -2.27. The Kier molecular flexibility index (Phi) is 4.44. The van der Waals surface area contributed by atoms with Gasteiger partial charge in [-0.05, 0) is 24.6 Å². The lowest BCUT2D eigenvalue weighted by Crippen LogP contribution is -1.98. The zero-order valence-corrected chi connectivity index (χ0v) is 13.4. The first-order valence-corrected chi connectivity index (χ1v) is 8.01. The van der Waals surface area contributed by atoms with Crippen molar-refractivity contribution in [2.24, 2.45) is 0 Å². The van der Waals surface area contributed by atoms with Crippen LogP contribution in [0.5, 0.6) is 11.5 Å². The zero-order chi connectivity index (χ0) is 15.4. The van der Waals surface area contributed by atoms with Crippen molar-refractivity contribution >= 4 is 26.7 Å². The number of rotatable bonds is 6. The van der Waals surface area contributed by atoms with Gasteiger partial charge in [0.1, 0.15) is 21.7 Å². The summed E-state index contributed by atoms with van der Waals surface area (Å²) in [5, 5.41) is 4.23. The van der Waals surface area contributed by atoms with E-state index in [9.17, 15) is 0 Å². The van der Waals surface area contributed by atoms with E-state index < -0.39 is 0 Å². The van der Waals surface area contributed by atoms with Crippen LogP contribution in [0.15, 0.2) is 42.5 Å². The van der Waals surface area contributed by atoms with Gasteiger partial charge >= 0.3 is 0 Å². The summed E-state index contributed by atoms with van der Waals surface area (Å²) in [6, 6.07) is 14.1. The molecule has 0 aliphatic heterocycles. The molecule has 0 saturated carbocycles. The number of hydrogen-bond donors (Lipinski definition) is 1. The molecule has 3 rings (SSSR count). The van der Waals surface area contributed by atoms with Crippen molar-refractivity contribution in [2.75, 3.05) is 19.0 Å². The van der Waals surface area contributed by atoms with Crippen molar-refractivity contribution in [3.63, 3.8) is 0 Å². The fourth-order valence-corrected chi connectivity index (χ4v) is 3.21. The lowest BCUT2D eigenvalue weighted by molar-refractivity contribution is 0.343. The maximum absolute atomic E-state index is 5.66. The summed E-state index contributed by atoms with van der Waals surface area (Å²) in [7, 11) is 1.67. The van der Waals surface area contributed by atoms with Crippen LogP contribution in [0.1, 0.15) is 12.5 Å². The minimum atomic E-state index is 0.617. The second-order valence-corrected chi connectivity index (χ2v) is 5.73. The Bertz CT molecular complexity index is 756. The summed E-state index contributed by atoms with van der Waals surface area (Å²) >= 11 is 1.58. The van der Waals surface area contributed by atoms with E-state index in [-0.39, 0.29) is 0 Å². The molecule has 0 bridgehead atoms. The van der Waals surface area contributed by atoms with Gasteiger partial charge in [0.05, 0.1) is 13.7 Å². The molecule has 1 N–H and O–H groups in total. The zero-order valence-electron chi connectivity index (χ0n) is 12.6. The number of nitrogens with one attached hydrogen (secondary N) is 1. The van der Waals surface area contributed by atoms with E-state index in [0.29, 0.717) is 6.61 Å². The van der Waals surface area contributed by atoms with Crippen molar-refractivity contribution in [3.05, 3.63) is 48.0 Å². The molecule has 0 fully saturated rings. The molecule has 0 radical (unpaired) electrons. The highest BCUT2D eigenvalue weighted by Crippen LogP contribution is 2.39. The van der Waals surface area contributed by atoms with Crippen LogP contribution in [0.4, 0.5) is 5.13 Å². The van der Waals surface area contributed by atoms with Crippen molar-refractivity contribution in [1.82, 2.24) is 4.98 Å². The highest BCUT2D eigenvalue weighted by Gasteiger charge is 2.13. The van der Waals surface area contributed by atoms with Crippen LogP contribution in [-0.4, -0.2) is 18.7 Å². The highest BCUT2D eigenvalue weighted by molar-refractivity contribution is 7.22. The van der Waals surface area contributed by atoms with Gasteiger partial charge in [-0.25, -0.2) is 4.98 Å². The summed E-state index contributed by atoms with van der Waals surface area (Å²) in [4.78, 5) is 4.66. The molecule has 22 heavy (non-hydrogen) atoms. The number of fused-ring (bicyclic) bond motifs is 1. The van der Waals surface area contributed by atoms with Crippen LogP contribution in [0.3, 0.4) is 0 Å².